The number of nitrogens with two attached hydrogens (primary N) is 1. The second-order valence-corrected chi connectivity index (χ2v) is 3.70. The molecule has 0 aliphatic carbocycles. The smallest absolute Gasteiger partial charge is 0.339 e. The summed E-state index contributed by atoms with van der Waals surface area (Å²) in [6.07, 6.45) is 1.19. The molecule has 0 radical (unpaired) electrons. The second-order valence-electron chi connectivity index (χ2n) is 3.70. The largest absolute Gasteiger partial charge is 0.601 e. The topological polar surface area (TPSA) is 113 Å². The van der Waals surface area contributed by atoms with E-state index in [1.807, 2.05) is 0 Å². The monoisotopic (exact) mass is 269 g/mol. The van der Waals surface area contributed by atoms with Crippen molar-refractivity contribution < 1.29 is 29.9 Å². The number of ether oxygens (including phenoxy) is 1. The number of hydrogen-bond acceptors (Lipinski definition) is 5. The van der Waals surface area contributed by atoms with Crippen molar-refractivity contribution in [3.8, 4) is 5.75 Å². The van der Waals surface area contributed by atoms with Crippen LogP contribution in [-0.4, -0.2) is 23.7 Å². The molecule has 1 aromatic rings. The SMILES string of the molecule is O=C(CCCCO[NH2+][O-])Oc1ccccc1C(=O)O. The van der Waals surface area contributed by atoms with Crippen LogP contribution in [0.5, 0.6) is 5.75 Å². The lowest BCUT2D eigenvalue weighted by Gasteiger charge is -2.07. The molecule has 0 heterocycles. The summed E-state index contributed by atoms with van der Waals surface area (Å²) in [4.78, 5) is 26.9. The molecular weight excluding hydrogens is 254 g/mol. The maximum atomic E-state index is 11.5. The number of carboxylic acid groups (broad SMARTS) is 1. The number of benzene rings is 1. The van der Waals surface area contributed by atoms with Gasteiger partial charge in [-0.25, -0.2) is 15.3 Å². The van der Waals surface area contributed by atoms with Crippen LogP contribution in [0.3, 0.4) is 0 Å². The molecule has 0 spiro atoms. The lowest BCUT2D eigenvalue weighted by molar-refractivity contribution is -0.850. The van der Waals surface area contributed by atoms with Gasteiger partial charge in [-0.3, -0.25) is 4.79 Å². The maximum Gasteiger partial charge on any atom is 0.339 e. The van der Waals surface area contributed by atoms with E-state index in [-0.39, 0.29) is 24.3 Å². The Hall–Kier alpha value is -1.96. The van der Waals surface area contributed by atoms with Gasteiger partial charge in [-0.2, -0.15) is 0 Å². The van der Waals surface area contributed by atoms with E-state index in [1.54, 1.807) is 12.1 Å². The molecule has 0 saturated heterocycles. The van der Waals surface area contributed by atoms with Gasteiger partial charge in [0.2, 0.25) is 0 Å². The van der Waals surface area contributed by atoms with Crippen LogP contribution in [0.4, 0.5) is 0 Å². The fourth-order valence-corrected chi connectivity index (χ4v) is 1.41. The number of carbonyl (C=O) groups excluding carboxylic acids is 1. The predicted octanol–water partition coefficient (Wildman–Crippen LogP) is 0.453. The van der Waals surface area contributed by atoms with E-state index in [4.69, 9.17) is 9.84 Å². The number of para-hydroxylation sites is 1. The first-order valence-corrected chi connectivity index (χ1v) is 5.73. The molecule has 7 heteroatoms. The van der Waals surface area contributed by atoms with Crippen molar-refractivity contribution in [2.45, 2.75) is 19.3 Å². The van der Waals surface area contributed by atoms with Crippen molar-refractivity contribution in [1.82, 2.24) is 0 Å². The zero-order valence-electron chi connectivity index (χ0n) is 10.2. The van der Waals surface area contributed by atoms with Crippen LogP contribution in [0.1, 0.15) is 29.6 Å². The van der Waals surface area contributed by atoms with Gasteiger partial charge in [-0.05, 0) is 25.0 Å². The van der Waals surface area contributed by atoms with Gasteiger partial charge in [0.25, 0.3) is 0 Å². The fourth-order valence-electron chi connectivity index (χ4n) is 1.41. The standard InChI is InChI=1S/C12H15NO6/c14-11(7-3-4-8-18-13-17)19-10-6-2-1-5-9(10)12(15)16/h1-2,5-6H,3-4,7-8,13H2,(H,15,16). The highest BCUT2D eigenvalue weighted by atomic mass is 16.8. The van der Waals surface area contributed by atoms with Crippen molar-refractivity contribution in [1.29, 1.82) is 0 Å². The Balaban J connectivity index is 2.42. The van der Waals surface area contributed by atoms with Crippen molar-refractivity contribution >= 4 is 11.9 Å². The van der Waals surface area contributed by atoms with Gasteiger partial charge < -0.3 is 15.1 Å². The summed E-state index contributed by atoms with van der Waals surface area (Å²) in [6.45, 7) is 0.252. The number of rotatable bonds is 8. The van der Waals surface area contributed by atoms with E-state index in [1.165, 1.54) is 12.1 Å². The number of carbonyl (C=O) groups is 2. The summed E-state index contributed by atoms with van der Waals surface area (Å²) in [5, 5.41) is 18.8. The second kappa shape index (κ2) is 8.20. The summed E-state index contributed by atoms with van der Waals surface area (Å²) >= 11 is 0. The van der Waals surface area contributed by atoms with E-state index in [9.17, 15) is 14.8 Å². The van der Waals surface area contributed by atoms with Crippen LogP contribution < -0.4 is 10.4 Å². The van der Waals surface area contributed by atoms with Crippen LogP contribution in [0, 0.1) is 5.21 Å². The lowest BCUT2D eigenvalue weighted by atomic mass is 10.2. The Kier molecular flexibility index (Phi) is 6.51. The van der Waals surface area contributed by atoms with E-state index in [0.717, 1.165) is 0 Å². The Labute approximate surface area is 109 Å². The van der Waals surface area contributed by atoms with Crippen molar-refractivity contribution in [3.05, 3.63) is 35.0 Å². The van der Waals surface area contributed by atoms with Crippen LogP contribution in [0.15, 0.2) is 24.3 Å². The molecule has 0 aliphatic rings. The zero-order valence-corrected chi connectivity index (χ0v) is 10.2. The number of quaternary nitrogens is 1. The van der Waals surface area contributed by atoms with Crippen LogP contribution >= 0.6 is 0 Å². The first-order chi connectivity index (χ1) is 9.15. The molecule has 19 heavy (non-hydrogen) atoms. The van der Waals surface area contributed by atoms with Crippen molar-refractivity contribution in [2.24, 2.45) is 0 Å². The van der Waals surface area contributed by atoms with Crippen molar-refractivity contribution in [3.63, 3.8) is 0 Å². The molecule has 0 bridgehead atoms. The van der Waals surface area contributed by atoms with Gasteiger partial charge in [-0.15, -0.1) is 0 Å². The van der Waals surface area contributed by atoms with Gasteiger partial charge in [0, 0.05) is 6.42 Å². The van der Waals surface area contributed by atoms with E-state index in [2.05, 4.69) is 4.84 Å². The molecule has 0 saturated carbocycles. The molecule has 0 unspecified atom stereocenters. The molecule has 0 amide bonds. The summed E-state index contributed by atoms with van der Waals surface area (Å²) in [6, 6.07) is 5.93. The normalized spacial score (nSPS) is 10.2. The minimum absolute atomic E-state index is 0.0316. The highest BCUT2D eigenvalue weighted by Gasteiger charge is 2.13. The first-order valence-electron chi connectivity index (χ1n) is 5.73. The molecule has 1 aromatic carbocycles. The number of carboxylic acids is 1. The van der Waals surface area contributed by atoms with Crippen LogP contribution in [0.2, 0.25) is 0 Å². The summed E-state index contributed by atoms with van der Waals surface area (Å²) in [5.74, 6) is -1.63. The van der Waals surface area contributed by atoms with Crippen molar-refractivity contribution in [2.75, 3.05) is 6.61 Å². The minimum Gasteiger partial charge on any atom is -0.601 e. The van der Waals surface area contributed by atoms with Gasteiger partial charge in [0.15, 0.2) is 0 Å². The van der Waals surface area contributed by atoms with E-state index in [0.29, 0.717) is 18.5 Å². The molecule has 0 atom stereocenters. The third kappa shape index (κ3) is 5.47. The third-order valence-corrected chi connectivity index (χ3v) is 2.30. The Morgan fingerprint density at radius 1 is 1.26 bits per heavy atom. The molecule has 104 valence electrons. The minimum atomic E-state index is -1.15. The van der Waals surface area contributed by atoms with Crippen LogP contribution in [-0.2, 0) is 9.63 Å². The number of hydrogen-bond donors (Lipinski definition) is 2. The summed E-state index contributed by atoms with van der Waals surface area (Å²) < 4.78 is 4.98. The van der Waals surface area contributed by atoms with Gasteiger partial charge in [0.1, 0.15) is 17.9 Å². The molecule has 0 aliphatic heterocycles. The van der Waals surface area contributed by atoms with Crippen LogP contribution in [0.25, 0.3) is 0 Å². The predicted molar refractivity (Wildman–Crippen MR) is 64.1 cm³/mol. The average molecular weight is 269 g/mol. The molecular formula is C12H15NO6. The Bertz CT molecular complexity index is 434. The molecule has 0 aromatic heterocycles. The zero-order chi connectivity index (χ0) is 14.1. The number of aromatic carboxylic acids is 1. The highest BCUT2D eigenvalue weighted by Crippen LogP contribution is 2.18. The van der Waals surface area contributed by atoms with Gasteiger partial charge in [-0.1, -0.05) is 12.1 Å². The fraction of sp³-hybridized carbons (Fsp3) is 0.333. The first kappa shape index (κ1) is 15.1. The van der Waals surface area contributed by atoms with E-state index < -0.39 is 11.9 Å². The maximum absolute atomic E-state index is 11.5. The molecule has 3 N–H and O–H groups in total. The van der Waals surface area contributed by atoms with E-state index >= 15 is 0 Å². The molecule has 7 nitrogen and oxygen atoms in total. The number of unbranched alkanes of at least 4 members (excludes halogenated alkanes) is 1. The Morgan fingerprint density at radius 2 is 2.00 bits per heavy atom. The summed E-state index contributed by atoms with van der Waals surface area (Å²) in [5.41, 5.74) is 0.293. The number of esters is 1. The summed E-state index contributed by atoms with van der Waals surface area (Å²) in [7, 11) is 0. The highest BCUT2D eigenvalue weighted by molar-refractivity contribution is 5.91. The third-order valence-electron chi connectivity index (χ3n) is 2.30. The van der Waals surface area contributed by atoms with Gasteiger partial charge in [0.05, 0.1) is 0 Å². The molecule has 1 rings (SSSR count). The quantitative estimate of drug-likeness (QED) is 0.307. The van der Waals surface area contributed by atoms with Gasteiger partial charge >= 0.3 is 11.9 Å². The molecule has 0 fully saturated rings. The average Bonchev–Trinajstić information content (AvgIpc) is 2.39. The Morgan fingerprint density at radius 3 is 2.68 bits per heavy atom. The lowest BCUT2D eigenvalue weighted by Crippen LogP contribution is -2.76.